The van der Waals surface area contributed by atoms with Gasteiger partial charge in [0.1, 0.15) is 4.83 Å². The topological polar surface area (TPSA) is 84.3 Å². The summed E-state index contributed by atoms with van der Waals surface area (Å²) in [7, 11) is 0. The number of carbonyl (C=O) groups is 2. The summed E-state index contributed by atoms with van der Waals surface area (Å²) < 4.78 is 1.66. The predicted molar refractivity (Wildman–Crippen MR) is 107 cm³/mol. The van der Waals surface area contributed by atoms with Crippen molar-refractivity contribution in [2.75, 3.05) is 13.1 Å². The van der Waals surface area contributed by atoms with Crippen LogP contribution in [0.4, 0.5) is 4.79 Å². The largest absolute Gasteiger partial charge is 0.336 e. The molecular weight excluding hydrogens is 384 g/mol. The highest BCUT2D eigenvalue weighted by Gasteiger charge is 2.31. The smallest absolute Gasteiger partial charge is 0.324 e. The summed E-state index contributed by atoms with van der Waals surface area (Å²) in [5.41, 5.74) is 1.17. The summed E-state index contributed by atoms with van der Waals surface area (Å²) in [6.07, 6.45) is 4.24. The molecule has 2 aliphatic rings. The molecule has 1 fully saturated rings. The van der Waals surface area contributed by atoms with Crippen LogP contribution in [0.15, 0.2) is 9.95 Å². The molecule has 0 radical (unpaired) electrons. The third-order valence-corrected chi connectivity index (χ3v) is 7.37. The van der Waals surface area contributed by atoms with E-state index >= 15 is 0 Å². The van der Waals surface area contributed by atoms with Gasteiger partial charge in [0.05, 0.1) is 10.6 Å². The number of nitrogens with zero attached hydrogens (tertiary/aromatic N) is 3. The molecular formula is C18H22N4O3S2. The summed E-state index contributed by atoms with van der Waals surface area (Å²) in [6, 6.07) is -0.352. The van der Waals surface area contributed by atoms with Crippen molar-refractivity contribution in [2.45, 2.75) is 56.5 Å². The van der Waals surface area contributed by atoms with E-state index in [1.54, 1.807) is 22.8 Å². The monoisotopic (exact) mass is 406 g/mol. The van der Waals surface area contributed by atoms with Crippen molar-refractivity contribution in [3.8, 4) is 0 Å². The van der Waals surface area contributed by atoms with Gasteiger partial charge in [0.2, 0.25) is 5.91 Å². The Balaban J connectivity index is 1.70. The van der Waals surface area contributed by atoms with Crippen LogP contribution in [0.1, 0.15) is 37.1 Å². The molecule has 7 nitrogen and oxygen atoms in total. The molecule has 0 spiro atoms. The Morgan fingerprint density at radius 1 is 1.33 bits per heavy atom. The molecule has 1 aliphatic heterocycles. The first-order valence-corrected chi connectivity index (χ1v) is 11.0. The van der Waals surface area contributed by atoms with Crippen LogP contribution in [0.3, 0.4) is 0 Å². The van der Waals surface area contributed by atoms with Crippen LogP contribution in [0.2, 0.25) is 0 Å². The number of hydrogen-bond donors (Lipinski definition) is 1. The Kier molecular flexibility index (Phi) is 4.98. The maximum Gasteiger partial charge on any atom is 0.324 e. The number of aromatic nitrogens is 2. The normalized spacial score (nSPS) is 17.9. The molecule has 0 saturated carbocycles. The SMILES string of the molecule is CCn1c(S[C@H](C)C(=O)N2CCNC2=O)nc2sc3c(c2c1=O)CCCC3. The van der Waals surface area contributed by atoms with Crippen LogP contribution in [0.25, 0.3) is 10.2 Å². The third kappa shape index (κ3) is 3.16. The number of amides is 3. The fourth-order valence-electron chi connectivity index (χ4n) is 3.70. The van der Waals surface area contributed by atoms with Crippen molar-refractivity contribution in [1.29, 1.82) is 0 Å². The minimum absolute atomic E-state index is 0.0111. The molecule has 3 amide bonds. The number of urea groups is 1. The quantitative estimate of drug-likeness (QED) is 0.623. The Morgan fingerprint density at radius 2 is 2.11 bits per heavy atom. The zero-order chi connectivity index (χ0) is 19.1. The number of carbonyl (C=O) groups excluding carboxylic acids is 2. The van der Waals surface area contributed by atoms with Gasteiger partial charge in [0, 0.05) is 24.5 Å². The highest BCUT2D eigenvalue weighted by atomic mass is 32.2. The van der Waals surface area contributed by atoms with Crippen molar-refractivity contribution in [3.05, 3.63) is 20.8 Å². The van der Waals surface area contributed by atoms with Gasteiger partial charge < -0.3 is 5.32 Å². The van der Waals surface area contributed by atoms with Gasteiger partial charge in [0.15, 0.2) is 5.16 Å². The van der Waals surface area contributed by atoms with Crippen LogP contribution >= 0.6 is 23.1 Å². The lowest BCUT2D eigenvalue weighted by Crippen LogP contribution is -2.39. The lowest BCUT2D eigenvalue weighted by molar-refractivity contribution is -0.126. The van der Waals surface area contributed by atoms with E-state index in [4.69, 9.17) is 4.98 Å². The van der Waals surface area contributed by atoms with E-state index in [0.29, 0.717) is 24.8 Å². The van der Waals surface area contributed by atoms with E-state index in [1.807, 2.05) is 6.92 Å². The maximum atomic E-state index is 13.1. The molecule has 144 valence electrons. The number of thioether (sulfide) groups is 1. The van der Waals surface area contributed by atoms with Crippen LogP contribution in [0, 0.1) is 0 Å². The molecule has 0 unspecified atom stereocenters. The number of hydrogen-bond acceptors (Lipinski definition) is 6. The number of thiophene rings is 1. The number of fused-ring (bicyclic) bond motifs is 3. The van der Waals surface area contributed by atoms with Gasteiger partial charge in [0.25, 0.3) is 5.56 Å². The molecule has 0 bridgehead atoms. The van der Waals surface area contributed by atoms with E-state index in [-0.39, 0.29) is 17.5 Å². The van der Waals surface area contributed by atoms with Gasteiger partial charge in [-0.05, 0) is 45.1 Å². The molecule has 3 heterocycles. The first-order valence-electron chi connectivity index (χ1n) is 9.32. The van der Waals surface area contributed by atoms with E-state index in [0.717, 1.165) is 35.9 Å². The molecule has 1 N–H and O–H groups in total. The number of nitrogens with one attached hydrogen (secondary N) is 1. The summed E-state index contributed by atoms with van der Waals surface area (Å²) >= 11 is 2.87. The Bertz CT molecular complexity index is 981. The van der Waals surface area contributed by atoms with Gasteiger partial charge in [-0.1, -0.05) is 11.8 Å². The van der Waals surface area contributed by atoms with Crippen molar-refractivity contribution in [3.63, 3.8) is 0 Å². The molecule has 0 aromatic carbocycles. The van der Waals surface area contributed by atoms with Crippen molar-refractivity contribution < 1.29 is 9.59 Å². The van der Waals surface area contributed by atoms with Crippen LogP contribution in [-0.2, 0) is 24.2 Å². The number of aryl methyl sites for hydroxylation is 2. The first-order chi connectivity index (χ1) is 13.0. The van der Waals surface area contributed by atoms with Crippen LogP contribution < -0.4 is 10.9 Å². The summed E-state index contributed by atoms with van der Waals surface area (Å²) in [5, 5.41) is 3.46. The second kappa shape index (κ2) is 7.27. The standard InChI is InChI=1S/C18H22N4O3S2/c1-3-21-16(24)13-11-6-4-5-7-12(11)27-14(13)20-18(21)26-10(2)15(23)22-9-8-19-17(22)25/h10H,3-9H2,1-2H3,(H,19,25)/t10-/m1/s1. The molecule has 27 heavy (non-hydrogen) atoms. The van der Waals surface area contributed by atoms with Gasteiger partial charge in [-0.3, -0.25) is 19.1 Å². The lowest BCUT2D eigenvalue weighted by Gasteiger charge is -2.18. The zero-order valence-corrected chi connectivity index (χ0v) is 17.0. The van der Waals surface area contributed by atoms with E-state index < -0.39 is 5.25 Å². The fraction of sp³-hybridized carbons (Fsp3) is 0.556. The number of rotatable bonds is 4. The Morgan fingerprint density at radius 3 is 2.81 bits per heavy atom. The molecule has 1 aliphatic carbocycles. The van der Waals surface area contributed by atoms with Gasteiger partial charge in [-0.25, -0.2) is 9.78 Å². The van der Waals surface area contributed by atoms with Crippen LogP contribution in [0.5, 0.6) is 0 Å². The average Bonchev–Trinajstić information content (AvgIpc) is 3.24. The van der Waals surface area contributed by atoms with E-state index in [9.17, 15) is 14.4 Å². The highest BCUT2D eigenvalue weighted by molar-refractivity contribution is 8.00. The summed E-state index contributed by atoms with van der Waals surface area (Å²) in [5.74, 6) is -0.252. The van der Waals surface area contributed by atoms with E-state index in [1.165, 1.54) is 27.1 Å². The second-order valence-corrected chi connectivity index (χ2v) is 9.21. The molecule has 1 atom stereocenters. The highest BCUT2D eigenvalue weighted by Crippen LogP contribution is 2.35. The summed E-state index contributed by atoms with van der Waals surface area (Å²) in [4.78, 5) is 45.5. The summed E-state index contributed by atoms with van der Waals surface area (Å²) in [6.45, 7) is 5.03. The van der Waals surface area contributed by atoms with Gasteiger partial charge in [-0.2, -0.15) is 0 Å². The Hall–Kier alpha value is -1.87. The minimum Gasteiger partial charge on any atom is -0.336 e. The van der Waals surface area contributed by atoms with E-state index in [2.05, 4.69) is 5.32 Å². The molecule has 2 aromatic heterocycles. The molecule has 2 aromatic rings. The molecule has 9 heteroatoms. The molecule has 4 rings (SSSR count). The zero-order valence-electron chi connectivity index (χ0n) is 15.4. The van der Waals surface area contributed by atoms with Crippen molar-refractivity contribution in [2.24, 2.45) is 0 Å². The van der Waals surface area contributed by atoms with Gasteiger partial charge >= 0.3 is 6.03 Å². The van der Waals surface area contributed by atoms with Crippen molar-refractivity contribution >= 4 is 45.3 Å². The minimum atomic E-state index is -0.495. The Labute approximate surface area is 165 Å². The van der Waals surface area contributed by atoms with Crippen LogP contribution in [-0.4, -0.2) is 44.7 Å². The average molecular weight is 407 g/mol. The molecule has 1 saturated heterocycles. The van der Waals surface area contributed by atoms with Crippen molar-refractivity contribution in [1.82, 2.24) is 19.8 Å². The predicted octanol–water partition coefficient (Wildman–Crippen LogP) is 2.39. The third-order valence-electron chi connectivity index (χ3n) is 5.11. The maximum absolute atomic E-state index is 13.1. The number of imide groups is 1. The fourth-order valence-corrected chi connectivity index (χ4v) is 6.04. The van der Waals surface area contributed by atoms with Gasteiger partial charge in [-0.15, -0.1) is 11.3 Å². The second-order valence-electron chi connectivity index (χ2n) is 6.82. The first kappa shape index (κ1) is 18.5. The lowest BCUT2D eigenvalue weighted by atomic mass is 9.97.